The number of hydrogen-bond acceptors (Lipinski definition) is 6. The van der Waals surface area contributed by atoms with E-state index in [1.165, 1.54) is 161 Å². The van der Waals surface area contributed by atoms with E-state index < -0.39 is 6.10 Å². The van der Waals surface area contributed by atoms with Gasteiger partial charge in [0.15, 0.2) is 6.10 Å². The van der Waals surface area contributed by atoms with Crippen LogP contribution in [-0.4, -0.2) is 37.2 Å². The molecule has 0 amide bonds. The van der Waals surface area contributed by atoms with Crippen molar-refractivity contribution in [2.45, 2.75) is 335 Å². The first-order valence-electron chi connectivity index (χ1n) is 35.0. The first-order chi connectivity index (χ1) is 41.0. The van der Waals surface area contributed by atoms with Crippen molar-refractivity contribution in [1.29, 1.82) is 0 Å². The van der Waals surface area contributed by atoms with Gasteiger partial charge in [-0.2, -0.15) is 0 Å². The molecule has 6 heteroatoms. The van der Waals surface area contributed by atoms with Gasteiger partial charge in [0.05, 0.1) is 0 Å². The Bertz CT molecular complexity index is 1700. The fraction of sp³-hybridized carbons (Fsp3) is 0.701. The predicted molar refractivity (Wildman–Crippen MR) is 362 cm³/mol. The SMILES string of the molecule is CC/C=C\C/C=C\C/C=C\C/C=C\C/C=C\C/C=C\C/C=C\C/C=C\CCCCCCCCC(=O)OCC(COC(=O)CCCCCCC/C=C\CCCCCCCCC)OC(=O)CCCCCCCCC/C=C\CCCCCCCCC. The highest BCUT2D eigenvalue weighted by molar-refractivity contribution is 5.71. The summed E-state index contributed by atoms with van der Waals surface area (Å²) in [6.07, 6.45) is 97.8. The summed E-state index contributed by atoms with van der Waals surface area (Å²) < 4.78 is 17.0. The molecule has 0 aliphatic heterocycles. The van der Waals surface area contributed by atoms with Crippen molar-refractivity contribution < 1.29 is 28.6 Å². The summed E-state index contributed by atoms with van der Waals surface area (Å²) in [6, 6.07) is 0. The summed E-state index contributed by atoms with van der Waals surface area (Å²) in [5, 5.41) is 0. The Hall–Kier alpha value is -4.19. The minimum absolute atomic E-state index is 0.0890. The molecule has 0 rings (SSSR count). The lowest BCUT2D eigenvalue weighted by atomic mass is 10.1. The topological polar surface area (TPSA) is 78.9 Å². The second-order valence-electron chi connectivity index (χ2n) is 23.1. The van der Waals surface area contributed by atoms with Gasteiger partial charge in [-0.05, 0) is 135 Å². The van der Waals surface area contributed by atoms with Crippen molar-refractivity contribution in [1.82, 2.24) is 0 Å². The van der Waals surface area contributed by atoms with Crippen molar-refractivity contribution in [2.24, 2.45) is 0 Å². The number of esters is 3. The Balaban J connectivity index is 4.38. The van der Waals surface area contributed by atoms with Crippen LogP contribution in [0.15, 0.2) is 122 Å². The molecular weight excluding hydrogens is 1020 g/mol. The van der Waals surface area contributed by atoms with Gasteiger partial charge >= 0.3 is 17.9 Å². The predicted octanol–water partition coefficient (Wildman–Crippen LogP) is 24.3. The molecule has 0 radical (unpaired) electrons. The van der Waals surface area contributed by atoms with Crippen LogP contribution in [0.5, 0.6) is 0 Å². The maximum Gasteiger partial charge on any atom is 0.306 e. The first kappa shape index (κ1) is 78.8. The Kier molecular flexibility index (Phi) is 66.7. The van der Waals surface area contributed by atoms with E-state index in [1.54, 1.807) is 0 Å². The van der Waals surface area contributed by atoms with Crippen LogP contribution in [0.3, 0.4) is 0 Å². The van der Waals surface area contributed by atoms with Crippen LogP contribution >= 0.6 is 0 Å². The molecular formula is C77H130O6. The van der Waals surface area contributed by atoms with E-state index in [2.05, 4.69) is 142 Å². The van der Waals surface area contributed by atoms with E-state index in [-0.39, 0.29) is 31.1 Å². The van der Waals surface area contributed by atoms with E-state index in [0.717, 1.165) is 128 Å². The molecule has 0 heterocycles. The molecule has 0 spiro atoms. The van der Waals surface area contributed by atoms with Crippen LogP contribution in [0.4, 0.5) is 0 Å². The van der Waals surface area contributed by atoms with Crippen molar-refractivity contribution >= 4 is 17.9 Å². The molecule has 0 aromatic carbocycles. The molecule has 0 aromatic heterocycles. The summed E-state index contributed by atoms with van der Waals surface area (Å²) in [4.78, 5) is 38.4. The van der Waals surface area contributed by atoms with Gasteiger partial charge in [0.25, 0.3) is 0 Å². The molecule has 0 aliphatic rings. The van der Waals surface area contributed by atoms with E-state index in [4.69, 9.17) is 14.2 Å². The van der Waals surface area contributed by atoms with Gasteiger partial charge in [-0.25, -0.2) is 0 Å². The van der Waals surface area contributed by atoms with Crippen molar-refractivity contribution in [3.05, 3.63) is 122 Å². The number of ether oxygens (including phenoxy) is 3. The molecule has 6 nitrogen and oxygen atoms in total. The molecule has 0 fully saturated rings. The molecule has 0 saturated carbocycles. The number of hydrogen-bond donors (Lipinski definition) is 0. The van der Waals surface area contributed by atoms with Crippen LogP contribution in [-0.2, 0) is 28.6 Å². The maximum atomic E-state index is 12.9. The lowest BCUT2D eigenvalue weighted by Gasteiger charge is -2.18. The number of unbranched alkanes of at least 4 members (excludes halogenated alkanes) is 32. The highest BCUT2D eigenvalue weighted by Gasteiger charge is 2.19. The molecule has 0 bridgehead atoms. The zero-order chi connectivity index (χ0) is 59.9. The normalized spacial score (nSPS) is 12.9. The largest absolute Gasteiger partial charge is 0.462 e. The molecule has 474 valence electrons. The fourth-order valence-electron chi connectivity index (χ4n) is 9.68. The third-order valence-electron chi connectivity index (χ3n) is 14.9. The van der Waals surface area contributed by atoms with Gasteiger partial charge in [0.2, 0.25) is 0 Å². The highest BCUT2D eigenvalue weighted by atomic mass is 16.6. The first-order valence-corrected chi connectivity index (χ1v) is 35.0. The molecule has 0 aliphatic carbocycles. The zero-order valence-corrected chi connectivity index (χ0v) is 54.4. The van der Waals surface area contributed by atoms with Gasteiger partial charge in [0, 0.05) is 19.3 Å². The molecule has 1 atom stereocenters. The molecule has 0 N–H and O–H groups in total. The Morgan fingerprint density at radius 1 is 0.253 bits per heavy atom. The van der Waals surface area contributed by atoms with Gasteiger partial charge in [-0.3, -0.25) is 14.4 Å². The van der Waals surface area contributed by atoms with Gasteiger partial charge in [-0.1, -0.05) is 296 Å². The third-order valence-corrected chi connectivity index (χ3v) is 14.9. The van der Waals surface area contributed by atoms with Crippen molar-refractivity contribution in [2.75, 3.05) is 13.2 Å². The fourth-order valence-corrected chi connectivity index (χ4v) is 9.68. The quantitative estimate of drug-likeness (QED) is 0.0261. The van der Waals surface area contributed by atoms with Crippen LogP contribution in [0.1, 0.15) is 329 Å². The van der Waals surface area contributed by atoms with Gasteiger partial charge in [-0.15, -0.1) is 0 Å². The lowest BCUT2D eigenvalue weighted by molar-refractivity contribution is -0.167. The summed E-state index contributed by atoms with van der Waals surface area (Å²) in [6.45, 7) is 6.53. The number of allylic oxidation sites excluding steroid dienone is 20. The molecule has 0 saturated heterocycles. The summed E-state index contributed by atoms with van der Waals surface area (Å²) in [7, 11) is 0. The number of carbonyl (C=O) groups is 3. The van der Waals surface area contributed by atoms with Crippen molar-refractivity contribution in [3.63, 3.8) is 0 Å². The van der Waals surface area contributed by atoms with E-state index in [9.17, 15) is 14.4 Å². The smallest absolute Gasteiger partial charge is 0.306 e. The van der Waals surface area contributed by atoms with Crippen LogP contribution in [0.25, 0.3) is 0 Å². The average Bonchev–Trinajstić information content (AvgIpc) is 3.49. The molecule has 83 heavy (non-hydrogen) atoms. The van der Waals surface area contributed by atoms with Crippen molar-refractivity contribution in [3.8, 4) is 0 Å². The zero-order valence-electron chi connectivity index (χ0n) is 54.4. The molecule has 1 unspecified atom stereocenters. The summed E-state index contributed by atoms with van der Waals surface area (Å²) >= 11 is 0. The van der Waals surface area contributed by atoms with Crippen LogP contribution in [0, 0.1) is 0 Å². The average molecular weight is 1150 g/mol. The van der Waals surface area contributed by atoms with Gasteiger partial charge in [0.1, 0.15) is 13.2 Å². The minimum Gasteiger partial charge on any atom is -0.462 e. The summed E-state index contributed by atoms with van der Waals surface area (Å²) in [5.41, 5.74) is 0. The van der Waals surface area contributed by atoms with E-state index in [1.807, 2.05) is 0 Å². The van der Waals surface area contributed by atoms with Gasteiger partial charge < -0.3 is 14.2 Å². The second-order valence-corrected chi connectivity index (χ2v) is 23.1. The minimum atomic E-state index is -0.794. The Labute approximate surface area is 513 Å². The second kappa shape index (κ2) is 70.3. The standard InChI is InChI=1S/C77H130O6/c1-4-7-10-13-16-19-22-25-28-31-33-34-35-36-37-38-39-40-41-42-43-44-45-47-49-52-55-58-61-64-67-70-76(79)82-73-74(72-81-75(78)69-66-63-60-57-54-51-48-30-27-24-21-18-15-12-9-6-3)83-77(80)71-68-65-62-59-56-53-50-46-32-29-26-23-20-17-14-11-8-5-2/h7,10,16,19,25,28-30,32-34,36-37,39-40,42-43,45,47-48,74H,4-6,8-9,11-15,17-18,20-24,26-27,31,35,38,41,44,46,49-73H2,1-3H3/b10-7-,19-16-,28-25-,32-29-,34-33-,37-36-,40-39-,43-42-,47-45-,48-30-. The monoisotopic (exact) mass is 1150 g/mol. The van der Waals surface area contributed by atoms with Crippen LogP contribution in [0.2, 0.25) is 0 Å². The highest BCUT2D eigenvalue weighted by Crippen LogP contribution is 2.16. The lowest BCUT2D eigenvalue weighted by Crippen LogP contribution is -2.30. The summed E-state index contributed by atoms with van der Waals surface area (Å²) in [5.74, 6) is -0.906. The number of rotatable bonds is 63. The molecule has 0 aromatic rings. The maximum absolute atomic E-state index is 12.9. The van der Waals surface area contributed by atoms with E-state index >= 15 is 0 Å². The third kappa shape index (κ3) is 68.5. The van der Waals surface area contributed by atoms with E-state index in [0.29, 0.717) is 19.3 Å². The van der Waals surface area contributed by atoms with Crippen LogP contribution < -0.4 is 0 Å². The Morgan fingerprint density at radius 2 is 0.470 bits per heavy atom. The number of carbonyl (C=O) groups excluding carboxylic acids is 3. The Morgan fingerprint density at radius 3 is 0.747 bits per heavy atom.